The first-order valence-corrected chi connectivity index (χ1v) is 5.59. The first-order valence-electron chi connectivity index (χ1n) is 5.59. The number of anilines is 1. The van der Waals surface area contributed by atoms with Gasteiger partial charge >= 0.3 is 0 Å². The third kappa shape index (κ3) is 2.20. The molecule has 0 aliphatic carbocycles. The Kier molecular flexibility index (Phi) is 3.05. The largest absolute Gasteiger partial charge is 0.371 e. The molecule has 1 unspecified atom stereocenters. The molecule has 2 rings (SSSR count). The zero-order valence-corrected chi connectivity index (χ0v) is 9.15. The molecule has 0 spiro atoms. The van der Waals surface area contributed by atoms with E-state index in [4.69, 9.17) is 0 Å². The van der Waals surface area contributed by atoms with Gasteiger partial charge in [-0.3, -0.25) is 0 Å². The molecule has 1 aromatic rings. The van der Waals surface area contributed by atoms with Crippen molar-refractivity contribution >= 4 is 12.0 Å². The van der Waals surface area contributed by atoms with Crippen molar-refractivity contribution in [3.8, 4) is 0 Å². The van der Waals surface area contributed by atoms with Crippen LogP contribution in [0.15, 0.2) is 24.3 Å². The molecule has 0 radical (unpaired) electrons. The van der Waals surface area contributed by atoms with Gasteiger partial charge in [-0.25, -0.2) is 0 Å². The van der Waals surface area contributed by atoms with Crippen LogP contribution >= 0.6 is 0 Å². The summed E-state index contributed by atoms with van der Waals surface area (Å²) >= 11 is 0. The van der Waals surface area contributed by atoms with Crippen LogP contribution in [0.5, 0.6) is 0 Å². The molecule has 0 bridgehead atoms. The molecule has 0 N–H and O–H groups in total. The lowest BCUT2D eigenvalue weighted by Crippen LogP contribution is -2.33. The number of carbonyl (C=O) groups is 1. The van der Waals surface area contributed by atoms with E-state index in [1.807, 2.05) is 6.92 Å². The third-order valence-electron chi connectivity index (χ3n) is 2.95. The van der Waals surface area contributed by atoms with Crippen molar-refractivity contribution < 1.29 is 4.79 Å². The van der Waals surface area contributed by atoms with Crippen molar-refractivity contribution in [2.75, 3.05) is 18.0 Å². The molecule has 0 saturated heterocycles. The molecule has 1 aliphatic heterocycles. The first kappa shape index (κ1) is 10.2. The summed E-state index contributed by atoms with van der Waals surface area (Å²) in [4.78, 5) is 13.0. The Morgan fingerprint density at radius 1 is 1.47 bits per heavy atom. The number of nitrogens with zero attached hydrogens (tertiary/aromatic N) is 1. The minimum Gasteiger partial charge on any atom is -0.371 e. The van der Waals surface area contributed by atoms with Crippen molar-refractivity contribution in [2.24, 2.45) is 5.92 Å². The summed E-state index contributed by atoms with van der Waals surface area (Å²) in [7, 11) is 0. The molecule has 0 aromatic heterocycles. The van der Waals surface area contributed by atoms with Crippen LogP contribution in [0, 0.1) is 5.92 Å². The van der Waals surface area contributed by atoms with Crippen LogP contribution in [0.2, 0.25) is 0 Å². The van der Waals surface area contributed by atoms with Crippen molar-refractivity contribution in [1.29, 1.82) is 0 Å². The molecule has 1 aliphatic rings. The van der Waals surface area contributed by atoms with Gasteiger partial charge in [0.15, 0.2) is 0 Å². The monoisotopic (exact) mass is 203 g/mol. The average molecular weight is 203 g/mol. The lowest BCUT2D eigenvalue weighted by molar-refractivity contribution is -0.110. The predicted octanol–water partition coefficient (Wildman–Crippen LogP) is 2.27. The van der Waals surface area contributed by atoms with Crippen molar-refractivity contribution in [3.63, 3.8) is 0 Å². The van der Waals surface area contributed by atoms with E-state index in [1.165, 1.54) is 24.1 Å². The van der Waals surface area contributed by atoms with Gasteiger partial charge in [0.25, 0.3) is 0 Å². The van der Waals surface area contributed by atoms with E-state index < -0.39 is 0 Å². The minimum atomic E-state index is 0.121. The van der Waals surface area contributed by atoms with Crippen molar-refractivity contribution in [2.45, 2.75) is 19.8 Å². The quantitative estimate of drug-likeness (QED) is 0.702. The van der Waals surface area contributed by atoms with Gasteiger partial charge in [-0.05, 0) is 24.5 Å². The fraction of sp³-hybridized carbons (Fsp3) is 0.462. The molecule has 0 amide bonds. The summed E-state index contributed by atoms with van der Waals surface area (Å²) in [6, 6.07) is 8.51. The Labute approximate surface area is 90.9 Å². The maximum absolute atomic E-state index is 10.7. The van der Waals surface area contributed by atoms with Gasteiger partial charge in [0.1, 0.15) is 6.29 Å². The highest BCUT2D eigenvalue weighted by atomic mass is 16.1. The van der Waals surface area contributed by atoms with Gasteiger partial charge in [0, 0.05) is 24.7 Å². The van der Waals surface area contributed by atoms with Crippen LogP contribution in [0.1, 0.15) is 18.9 Å². The molecule has 2 nitrogen and oxygen atoms in total. The predicted molar refractivity (Wildman–Crippen MR) is 62.2 cm³/mol. The Morgan fingerprint density at radius 3 is 3.07 bits per heavy atom. The lowest BCUT2D eigenvalue weighted by atomic mass is 10.0. The van der Waals surface area contributed by atoms with Gasteiger partial charge in [-0.15, -0.1) is 0 Å². The molecule has 0 saturated carbocycles. The molecule has 1 heterocycles. The highest BCUT2D eigenvalue weighted by molar-refractivity contribution is 5.59. The topological polar surface area (TPSA) is 20.3 Å². The summed E-state index contributed by atoms with van der Waals surface area (Å²) in [6.07, 6.45) is 3.40. The van der Waals surface area contributed by atoms with Gasteiger partial charge in [-0.2, -0.15) is 0 Å². The second-order valence-electron chi connectivity index (χ2n) is 4.29. The molecule has 1 aromatic carbocycles. The number of fused-ring (bicyclic) bond motifs is 1. The van der Waals surface area contributed by atoms with E-state index in [2.05, 4.69) is 29.2 Å². The van der Waals surface area contributed by atoms with E-state index >= 15 is 0 Å². The maximum Gasteiger partial charge on any atom is 0.124 e. The summed E-state index contributed by atoms with van der Waals surface area (Å²) in [5.41, 5.74) is 2.74. The molecule has 15 heavy (non-hydrogen) atoms. The van der Waals surface area contributed by atoms with Gasteiger partial charge in [-0.1, -0.05) is 25.1 Å². The Morgan fingerprint density at radius 2 is 2.27 bits per heavy atom. The summed E-state index contributed by atoms with van der Waals surface area (Å²) in [5, 5.41) is 0. The molecule has 0 fully saturated rings. The number of rotatable bonds is 3. The van der Waals surface area contributed by atoms with E-state index in [-0.39, 0.29) is 5.92 Å². The number of hydrogen-bond donors (Lipinski definition) is 0. The normalized spacial score (nSPS) is 17.0. The smallest absolute Gasteiger partial charge is 0.124 e. The second kappa shape index (κ2) is 4.47. The van der Waals surface area contributed by atoms with Crippen LogP contribution in [0.3, 0.4) is 0 Å². The maximum atomic E-state index is 10.7. The van der Waals surface area contributed by atoms with E-state index in [0.29, 0.717) is 0 Å². The van der Waals surface area contributed by atoms with Gasteiger partial charge < -0.3 is 9.69 Å². The summed E-state index contributed by atoms with van der Waals surface area (Å²) in [6.45, 7) is 3.90. The molecule has 2 heteroatoms. The summed E-state index contributed by atoms with van der Waals surface area (Å²) in [5.74, 6) is 0.121. The van der Waals surface area contributed by atoms with Crippen LogP contribution in [-0.2, 0) is 11.2 Å². The van der Waals surface area contributed by atoms with Crippen molar-refractivity contribution in [1.82, 2.24) is 0 Å². The van der Waals surface area contributed by atoms with Crippen LogP contribution in [0.4, 0.5) is 5.69 Å². The first-order chi connectivity index (χ1) is 7.31. The Balaban J connectivity index is 2.18. The number of para-hydroxylation sites is 1. The molecular weight excluding hydrogens is 186 g/mol. The van der Waals surface area contributed by atoms with Gasteiger partial charge in [0.2, 0.25) is 0 Å². The fourth-order valence-electron chi connectivity index (χ4n) is 2.19. The fourth-order valence-corrected chi connectivity index (χ4v) is 2.19. The Bertz CT molecular complexity index is 348. The molecule has 1 atom stereocenters. The Hall–Kier alpha value is -1.31. The third-order valence-corrected chi connectivity index (χ3v) is 2.95. The lowest BCUT2D eigenvalue weighted by Gasteiger charge is -2.32. The molecular formula is C13H17NO. The van der Waals surface area contributed by atoms with E-state index in [0.717, 1.165) is 19.4 Å². The van der Waals surface area contributed by atoms with E-state index in [9.17, 15) is 4.79 Å². The van der Waals surface area contributed by atoms with Gasteiger partial charge in [0.05, 0.1) is 0 Å². The zero-order valence-electron chi connectivity index (χ0n) is 9.15. The number of hydrogen-bond acceptors (Lipinski definition) is 2. The number of aryl methyl sites for hydroxylation is 1. The van der Waals surface area contributed by atoms with E-state index in [1.54, 1.807) is 0 Å². The second-order valence-corrected chi connectivity index (χ2v) is 4.29. The standard InChI is InChI=1S/C13H17NO/c1-11(10-15)9-14-8-4-6-12-5-2-3-7-13(12)14/h2-3,5,7,10-11H,4,6,8-9H2,1H3. The van der Waals surface area contributed by atoms with Crippen molar-refractivity contribution in [3.05, 3.63) is 29.8 Å². The van der Waals surface area contributed by atoms with Crippen LogP contribution in [0.25, 0.3) is 0 Å². The zero-order chi connectivity index (χ0) is 10.7. The number of carbonyl (C=O) groups excluding carboxylic acids is 1. The minimum absolute atomic E-state index is 0.121. The number of aldehydes is 1. The molecule has 80 valence electrons. The average Bonchev–Trinajstić information content (AvgIpc) is 2.29. The van der Waals surface area contributed by atoms with Crippen LogP contribution < -0.4 is 4.90 Å². The highest BCUT2D eigenvalue weighted by Crippen LogP contribution is 2.26. The number of benzene rings is 1. The van der Waals surface area contributed by atoms with Crippen LogP contribution in [-0.4, -0.2) is 19.4 Å². The highest BCUT2D eigenvalue weighted by Gasteiger charge is 2.17. The SMILES string of the molecule is CC(C=O)CN1CCCc2ccccc21. The summed E-state index contributed by atoms with van der Waals surface area (Å²) < 4.78 is 0.